The van der Waals surface area contributed by atoms with Crippen LogP contribution in [0.1, 0.15) is 18.4 Å². The molecule has 0 unspecified atom stereocenters. The molecule has 2 rings (SSSR count). The van der Waals surface area contributed by atoms with Crippen molar-refractivity contribution in [1.29, 1.82) is 0 Å². The Morgan fingerprint density at radius 3 is 2.57 bits per heavy atom. The largest absolute Gasteiger partial charge is 2.00 e. The van der Waals surface area contributed by atoms with Crippen molar-refractivity contribution in [2.24, 2.45) is 0 Å². The summed E-state index contributed by atoms with van der Waals surface area (Å²) >= 11 is 0. The maximum absolute atomic E-state index is 3.11. The third kappa shape index (κ3) is 4.30. The van der Waals surface area contributed by atoms with E-state index >= 15 is 0 Å². The van der Waals surface area contributed by atoms with Gasteiger partial charge in [-0.2, -0.15) is 30.3 Å². The summed E-state index contributed by atoms with van der Waals surface area (Å²) in [5.74, 6) is 0. The first-order valence-electron chi connectivity index (χ1n) is 4.62. The molecule has 0 aliphatic carbocycles. The Morgan fingerprint density at radius 2 is 2.00 bits per heavy atom. The smallest absolute Gasteiger partial charge is 1.00 e. The Bertz CT molecular complexity index is 234. The van der Waals surface area contributed by atoms with E-state index < -0.39 is 0 Å². The Hall–Kier alpha value is 0.426. The van der Waals surface area contributed by atoms with Gasteiger partial charge in [0, 0.05) is 0 Å². The summed E-state index contributed by atoms with van der Waals surface area (Å²) in [6, 6.07) is 11.4. The van der Waals surface area contributed by atoms with Crippen LogP contribution in [-0.2, 0) is 6.54 Å². The Labute approximate surface area is 113 Å². The van der Waals surface area contributed by atoms with Gasteiger partial charge in [0.25, 0.3) is 0 Å². The zero-order valence-electron chi connectivity index (χ0n) is 8.38. The molecule has 1 aliphatic heterocycles. The van der Waals surface area contributed by atoms with Gasteiger partial charge in [0.05, 0.1) is 0 Å². The zero-order chi connectivity index (χ0) is 8.23. The third-order valence-corrected chi connectivity index (χ3v) is 2.38. The minimum absolute atomic E-state index is 0. The van der Waals surface area contributed by atoms with Gasteiger partial charge in [-0.1, -0.05) is 0 Å². The molecular formula is C11H14BrMgN. The summed E-state index contributed by atoms with van der Waals surface area (Å²) in [6.45, 7) is 3.65. The van der Waals surface area contributed by atoms with E-state index in [4.69, 9.17) is 0 Å². The van der Waals surface area contributed by atoms with Gasteiger partial charge >= 0.3 is 23.1 Å². The van der Waals surface area contributed by atoms with E-state index in [1.54, 1.807) is 0 Å². The molecule has 1 saturated heterocycles. The maximum atomic E-state index is 3.11. The number of halogens is 1. The fourth-order valence-corrected chi connectivity index (χ4v) is 1.73. The number of benzene rings is 1. The molecule has 1 fully saturated rings. The molecule has 1 nitrogen and oxygen atoms in total. The van der Waals surface area contributed by atoms with Crippen LogP contribution in [-0.4, -0.2) is 41.0 Å². The van der Waals surface area contributed by atoms with Crippen LogP contribution in [0.5, 0.6) is 0 Å². The average molecular weight is 264 g/mol. The molecule has 1 aliphatic rings. The molecule has 1 heterocycles. The fourth-order valence-electron chi connectivity index (χ4n) is 1.73. The summed E-state index contributed by atoms with van der Waals surface area (Å²) in [5, 5.41) is 0. The molecule has 0 bridgehead atoms. The Morgan fingerprint density at radius 1 is 1.29 bits per heavy atom. The summed E-state index contributed by atoms with van der Waals surface area (Å²) in [7, 11) is 0. The summed E-state index contributed by atoms with van der Waals surface area (Å²) in [5.41, 5.74) is 1.39. The van der Waals surface area contributed by atoms with E-state index in [0.29, 0.717) is 0 Å². The molecule has 0 amide bonds. The van der Waals surface area contributed by atoms with Crippen LogP contribution in [0.25, 0.3) is 0 Å². The Balaban J connectivity index is 0.000000845. The van der Waals surface area contributed by atoms with Gasteiger partial charge in [-0.15, -0.1) is 5.56 Å². The standard InChI is InChI=1S/C11H14N.BrH.Mg/c1-2-6-11(7-3-1)10-12-8-4-5-9-12;;/h1-2,6-7H,4-5,8-10H2;1H;/q-1;;+2/p-1. The van der Waals surface area contributed by atoms with Crippen LogP contribution >= 0.6 is 0 Å². The van der Waals surface area contributed by atoms with Crippen LogP contribution in [0.4, 0.5) is 0 Å². The van der Waals surface area contributed by atoms with Gasteiger partial charge in [0.1, 0.15) is 0 Å². The van der Waals surface area contributed by atoms with Crippen molar-refractivity contribution >= 4 is 23.1 Å². The number of likely N-dealkylation sites (tertiary alicyclic amines) is 1. The van der Waals surface area contributed by atoms with E-state index in [0.717, 1.165) is 6.54 Å². The van der Waals surface area contributed by atoms with E-state index in [2.05, 4.69) is 29.2 Å². The number of nitrogens with zero attached hydrogens (tertiary/aromatic N) is 1. The topological polar surface area (TPSA) is 3.24 Å². The zero-order valence-corrected chi connectivity index (χ0v) is 11.4. The van der Waals surface area contributed by atoms with Crippen molar-refractivity contribution < 1.29 is 17.0 Å². The van der Waals surface area contributed by atoms with E-state index in [1.165, 1.54) is 31.5 Å². The first kappa shape index (κ1) is 14.4. The first-order valence-corrected chi connectivity index (χ1v) is 4.62. The van der Waals surface area contributed by atoms with Gasteiger partial charge in [-0.3, -0.25) is 0 Å². The third-order valence-electron chi connectivity index (χ3n) is 2.38. The first-order chi connectivity index (χ1) is 5.95. The molecule has 0 N–H and O–H groups in total. The van der Waals surface area contributed by atoms with Gasteiger partial charge < -0.3 is 21.9 Å². The molecule has 72 valence electrons. The summed E-state index contributed by atoms with van der Waals surface area (Å²) < 4.78 is 0. The maximum Gasteiger partial charge on any atom is 2.00 e. The predicted octanol–water partition coefficient (Wildman–Crippen LogP) is -1.29. The van der Waals surface area contributed by atoms with Crippen molar-refractivity contribution in [2.75, 3.05) is 13.1 Å². The molecule has 0 saturated carbocycles. The van der Waals surface area contributed by atoms with Crippen LogP contribution < -0.4 is 17.0 Å². The fraction of sp³-hybridized carbons (Fsp3) is 0.455. The minimum Gasteiger partial charge on any atom is -1.00 e. The van der Waals surface area contributed by atoms with Crippen LogP contribution in [0.2, 0.25) is 0 Å². The molecule has 0 aromatic heterocycles. The molecule has 0 atom stereocenters. The van der Waals surface area contributed by atoms with Gasteiger partial charge in [-0.25, -0.2) is 0 Å². The van der Waals surface area contributed by atoms with Gasteiger partial charge in [0.15, 0.2) is 0 Å². The van der Waals surface area contributed by atoms with Crippen molar-refractivity contribution in [3.8, 4) is 0 Å². The molecule has 14 heavy (non-hydrogen) atoms. The molecule has 0 spiro atoms. The quantitative estimate of drug-likeness (QED) is 0.474. The molecule has 1 aromatic rings. The number of rotatable bonds is 2. The average Bonchev–Trinajstić information content (AvgIpc) is 2.59. The Kier molecular flexibility index (Phi) is 7.92. The minimum atomic E-state index is 0. The van der Waals surface area contributed by atoms with Gasteiger partial charge in [-0.05, 0) is 32.5 Å². The van der Waals surface area contributed by atoms with Gasteiger partial charge in [0.2, 0.25) is 0 Å². The van der Waals surface area contributed by atoms with Crippen molar-refractivity contribution in [3.63, 3.8) is 0 Å². The monoisotopic (exact) mass is 263 g/mol. The predicted molar refractivity (Wildman–Crippen MR) is 55.5 cm³/mol. The van der Waals surface area contributed by atoms with Crippen LogP contribution in [0, 0.1) is 6.07 Å². The molecule has 0 radical (unpaired) electrons. The second kappa shape index (κ2) is 7.68. The molecule has 3 heteroatoms. The SMILES string of the molecule is [Br-].[Mg+2].[c-]1cccc(CN2CCCC2)c1. The number of hydrogen-bond donors (Lipinski definition) is 0. The molecular weight excluding hydrogens is 250 g/mol. The second-order valence-electron chi connectivity index (χ2n) is 3.39. The van der Waals surface area contributed by atoms with Crippen LogP contribution in [0.3, 0.4) is 0 Å². The van der Waals surface area contributed by atoms with Crippen molar-refractivity contribution in [1.82, 2.24) is 4.90 Å². The second-order valence-corrected chi connectivity index (χ2v) is 3.39. The van der Waals surface area contributed by atoms with Crippen molar-refractivity contribution in [2.45, 2.75) is 19.4 Å². The van der Waals surface area contributed by atoms with E-state index in [-0.39, 0.29) is 40.0 Å². The normalized spacial score (nSPS) is 15.7. The summed E-state index contributed by atoms with van der Waals surface area (Å²) in [6.07, 6.45) is 2.74. The van der Waals surface area contributed by atoms with Crippen molar-refractivity contribution in [3.05, 3.63) is 35.9 Å². The van der Waals surface area contributed by atoms with E-state index in [1.807, 2.05) is 6.07 Å². The molecule has 1 aromatic carbocycles. The van der Waals surface area contributed by atoms with Crippen LogP contribution in [0.15, 0.2) is 24.3 Å². The summed E-state index contributed by atoms with van der Waals surface area (Å²) in [4.78, 5) is 2.50. The van der Waals surface area contributed by atoms with E-state index in [9.17, 15) is 0 Å². The number of hydrogen-bond acceptors (Lipinski definition) is 1.